The van der Waals surface area contributed by atoms with Gasteiger partial charge in [0.05, 0.1) is 8.26 Å². The first-order valence-electron chi connectivity index (χ1n) is 1.61. The molecular formula is C4HBr2S. The minimum atomic E-state index is 1.01. The highest BCUT2D eigenvalue weighted by molar-refractivity contribution is 9.13. The fourth-order valence-electron chi connectivity index (χ4n) is 0.241. The standard InChI is InChI=1S/C4HBr2S/c5-3-1-2-7-4(3)6/h2H. The Balaban J connectivity index is 3.12. The van der Waals surface area contributed by atoms with Gasteiger partial charge in [0.15, 0.2) is 0 Å². The molecule has 1 radical (unpaired) electrons. The molecular weight excluding hydrogens is 240 g/mol. The highest BCUT2D eigenvalue weighted by Crippen LogP contribution is 2.27. The maximum Gasteiger partial charge on any atom is 0.0846 e. The molecule has 0 fully saturated rings. The second-order valence-electron chi connectivity index (χ2n) is 0.968. The van der Waals surface area contributed by atoms with Crippen LogP contribution in [0.15, 0.2) is 13.6 Å². The van der Waals surface area contributed by atoms with Gasteiger partial charge >= 0.3 is 0 Å². The number of thiophene rings is 1. The van der Waals surface area contributed by atoms with E-state index in [0.29, 0.717) is 0 Å². The van der Waals surface area contributed by atoms with Crippen molar-refractivity contribution in [2.45, 2.75) is 0 Å². The number of rotatable bonds is 0. The Morgan fingerprint density at radius 3 is 2.43 bits per heavy atom. The zero-order valence-corrected chi connectivity index (χ0v) is 7.23. The van der Waals surface area contributed by atoms with Gasteiger partial charge in [-0.25, -0.2) is 0 Å². The molecule has 0 aromatic carbocycles. The summed E-state index contributed by atoms with van der Waals surface area (Å²) >= 11 is 8.20. The largest absolute Gasteiger partial charge is 0.135 e. The number of hydrogen-bond donors (Lipinski definition) is 0. The van der Waals surface area contributed by atoms with E-state index in [1.165, 1.54) is 0 Å². The first-order valence-corrected chi connectivity index (χ1v) is 4.07. The van der Waals surface area contributed by atoms with Crippen LogP contribution in [0.4, 0.5) is 0 Å². The van der Waals surface area contributed by atoms with Crippen LogP contribution in [0.2, 0.25) is 0 Å². The molecule has 0 spiro atoms. The summed E-state index contributed by atoms with van der Waals surface area (Å²) in [5, 5.41) is 1.90. The van der Waals surface area contributed by atoms with Gasteiger partial charge in [-0.05, 0) is 31.9 Å². The van der Waals surface area contributed by atoms with Crippen LogP contribution in [-0.4, -0.2) is 0 Å². The Morgan fingerprint density at radius 2 is 2.29 bits per heavy atom. The molecule has 3 heteroatoms. The monoisotopic (exact) mass is 239 g/mol. The minimum Gasteiger partial charge on any atom is -0.135 e. The lowest BCUT2D eigenvalue weighted by atomic mass is 10.7. The van der Waals surface area contributed by atoms with E-state index < -0.39 is 0 Å². The summed E-state index contributed by atoms with van der Waals surface area (Å²) in [5.41, 5.74) is 0. The zero-order chi connectivity index (χ0) is 5.28. The van der Waals surface area contributed by atoms with Crippen molar-refractivity contribution in [1.29, 1.82) is 0 Å². The second-order valence-corrected chi connectivity index (χ2v) is 3.96. The summed E-state index contributed by atoms with van der Waals surface area (Å²) in [4.78, 5) is 0. The van der Waals surface area contributed by atoms with Gasteiger partial charge < -0.3 is 0 Å². The lowest BCUT2D eigenvalue weighted by molar-refractivity contribution is 1.82. The summed E-state index contributed by atoms with van der Waals surface area (Å²) < 4.78 is 2.12. The molecule has 0 atom stereocenters. The average Bonchev–Trinajstić information content (AvgIpc) is 1.91. The van der Waals surface area contributed by atoms with E-state index in [9.17, 15) is 0 Å². The summed E-state index contributed by atoms with van der Waals surface area (Å²) in [5.74, 6) is 0. The maximum atomic E-state index is 3.31. The van der Waals surface area contributed by atoms with E-state index in [-0.39, 0.29) is 0 Å². The first-order chi connectivity index (χ1) is 3.30. The lowest BCUT2D eigenvalue weighted by Crippen LogP contribution is -1.45. The van der Waals surface area contributed by atoms with Crippen molar-refractivity contribution in [1.82, 2.24) is 0 Å². The molecule has 0 nitrogen and oxygen atoms in total. The number of hydrogen-bond acceptors (Lipinski definition) is 1. The van der Waals surface area contributed by atoms with Gasteiger partial charge in [-0.1, -0.05) is 0 Å². The molecule has 0 bridgehead atoms. The van der Waals surface area contributed by atoms with Gasteiger partial charge in [0.25, 0.3) is 0 Å². The predicted octanol–water partition coefficient (Wildman–Crippen LogP) is 3.07. The van der Waals surface area contributed by atoms with Gasteiger partial charge in [0, 0.05) is 11.4 Å². The Hall–Kier alpha value is 0.660. The van der Waals surface area contributed by atoms with Gasteiger partial charge in [0.1, 0.15) is 0 Å². The van der Waals surface area contributed by atoms with Crippen molar-refractivity contribution in [3.63, 3.8) is 0 Å². The molecule has 1 aromatic rings. The third kappa shape index (κ3) is 1.27. The Morgan fingerprint density at radius 1 is 1.57 bits per heavy atom. The Labute approximate surface area is 62.8 Å². The third-order valence-electron chi connectivity index (χ3n) is 0.521. The first kappa shape index (κ1) is 5.79. The molecule has 0 N–H and O–H groups in total. The zero-order valence-electron chi connectivity index (χ0n) is 3.24. The molecule has 0 saturated heterocycles. The molecule has 0 unspecified atom stereocenters. The minimum absolute atomic E-state index is 1.01. The molecule has 7 heavy (non-hydrogen) atoms. The molecule has 37 valence electrons. The molecule has 1 rings (SSSR count). The number of halogens is 2. The van der Waals surface area contributed by atoms with Crippen LogP contribution in [0, 0.1) is 6.07 Å². The fourth-order valence-corrected chi connectivity index (χ4v) is 1.63. The predicted molar refractivity (Wildman–Crippen MR) is 38.6 cm³/mol. The SMILES string of the molecule is Brc1[c]csc1Br. The van der Waals surface area contributed by atoms with Crippen LogP contribution in [0.1, 0.15) is 0 Å². The maximum absolute atomic E-state index is 3.31. The Kier molecular flexibility index (Phi) is 1.89. The third-order valence-corrected chi connectivity index (χ3v) is 3.54. The van der Waals surface area contributed by atoms with E-state index in [0.717, 1.165) is 8.26 Å². The van der Waals surface area contributed by atoms with Crippen LogP contribution in [0.25, 0.3) is 0 Å². The molecule has 0 aliphatic carbocycles. The van der Waals surface area contributed by atoms with Crippen molar-refractivity contribution < 1.29 is 0 Å². The van der Waals surface area contributed by atoms with E-state index in [1.54, 1.807) is 11.3 Å². The van der Waals surface area contributed by atoms with Gasteiger partial charge in [-0.2, -0.15) is 0 Å². The summed E-state index contributed by atoms with van der Waals surface area (Å²) in [7, 11) is 0. The van der Waals surface area contributed by atoms with E-state index in [2.05, 4.69) is 37.9 Å². The fraction of sp³-hybridized carbons (Fsp3) is 0. The van der Waals surface area contributed by atoms with Gasteiger partial charge in [-0.3, -0.25) is 0 Å². The quantitative estimate of drug-likeness (QED) is 0.654. The molecule has 0 aliphatic heterocycles. The molecule has 1 aromatic heterocycles. The molecule has 1 heterocycles. The van der Waals surface area contributed by atoms with Crippen LogP contribution in [-0.2, 0) is 0 Å². The van der Waals surface area contributed by atoms with Crippen LogP contribution >= 0.6 is 43.2 Å². The second kappa shape index (κ2) is 2.29. The van der Waals surface area contributed by atoms with Crippen molar-refractivity contribution in [3.8, 4) is 0 Å². The van der Waals surface area contributed by atoms with Crippen molar-refractivity contribution in [3.05, 3.63) is 19.7 Å². The van der Waals surface area contributed by atoms with Crippen LogP contribution in [0.3, 0.4) is 0 Å². The average molecular weight is 241 g/mol. The molecule has 0 aliphatic rings. The van der Waals surface area contributed by atoms with E-state index in [1.807, 2.05) is 5.38 Å². The van der Waals surface area contributed by atoms with E-state index in [4.69, 9.17) is 0 Å². The molecule has 0 saturated carbocycles. The van der Waals surface area contributed by atoms with Crippen molar-refractivity contribution in [2.75, 3.05) is 0 Å². The summed E-state index contributed by atoms with van der Waals surface area (Å²) in [6.07, 6.45) is 0. The van der Waals surface area contributed by atoms with E-state index >= 15 is 0 Å². The topological polar surface area (TPSA) is 0 Å². The van der Waals surface area contributed by atoms with Crippen LogP contribution < -0.4 is 0 Å². The van der Waals surface area contributed by atoms with Crippen LogP contribution in [0.5, 0.6) is 0 Å². The lowest BCUT2D eigenvalue weighted by Gasteiger charge is -1.74. The smallest absolute Gasteiger partial charge is 0.0846 e. The van der Waals surface area contributed by atoms with Gasteiger partial charge in [-0.15, -0.1) is 11.3 Å². The summed E-state index contributed by atoms with van der Waals surface area (Å²) in [6, 6.07) is 2.96. The Bertz CT molecular complexity index is 142. The van der Waals surface area contributed by atoms with Crippen molar-refractivity contribution >= 4 is 43.2 Å². The highest BCUT2D eigenvalue weighted by atomic mass is 79.9. The van der Waals surface area contributed by atoms with Crippen molar-refractivity contribution in [2.24, 2.45) is 0 Å². The molecule has 0 amide bonds. The summed E-state index contributed by atoms with van der Waals surface area (Å²) in [6.45, 7) is 0. The van der Waals surface area contributed by atoms with Gasteiger partial charge in [0.2, 0.25) is 0 Å². The normalized spacial score (nSPS) is 9.43. The highest BCUT2D eigenvalue weighted by Gasteiger charge is 1.92.